The van der Waals surface area contributed by atoms with Crippen LogP contribution in [0.25, 0.3) is 0 Å². The van der Waals surface area contributed by atoms with Crippen molar-refractivity contribution < 1.29 is 17.5 Å². The van der Waals surface area contributed by atoms with Gasteiger partial charge in [0, 0.05) is 21.3 Å². The molecule has 0 heterocycles. The normalized spacial score (nSPS) is 11.4. The average molecular weight is 414 g/mol. The van der Waals surface area contributed by atoms with Crippen molar-refractivity contribution in [1.82, 2.24) is 0 Å². The molecule has 0 bridgehead atoms. The van der Waals surface area contributed by atoms with Gasteiger partial charge in [0.05, 0.1) is 9.37 Å². The molecule has 0 saturated heterocycles. The van der Waals surface area contributed by atoms with Crippen LogP contribution in [0, 0.1) is 5.82 Å². The molecule has 2 aromatic carbocycles. The van der Waals surface area contributed by atoms with Gasteiger partial charge in [-0.2, -0.15) is 0 Å². The van der Waals surface area contributed by atoms with Gasteiger partial charge < -0.3 is 4.74 Å². The van der Waals surface area contributed by atoms with E-state index in [-0.39, 0.29) is 11.5 Å². The first-order chi connectivity index (χ1) is 9.77. The maximum atomic E-state index is 13.5. The van der Waals surface area contributed by atoms with Crippen LogP contribution < -0.4 is 4.74 Å². The molecule has 2 aromatic rings. The summed E-state index contributed by atoms with van der Waals surface area (Å²) in [5.74, 6) is -0.0751. The van der Waals surface area contributed by atoms with Crippen LogP contribution in [-0.2, 0) is 15.7 Å². The molecule has 8 heteroatoms. The molecule has 0 amide bonds. The summed E-state index contributed by atoms with van der Waals surface area (Å²) >= 11 is 8.97. The molecular formula is C13H8BrCl2FO3S. The number of ether oxygens (including phenoxy) is 1. The quantitative estimate of drug-likeness (QED) is 0.679. The lowest BCUT2D eigenvalue weighted by Crippen LogP contribution is -2.00. The van der Waals surface area contributed by atoms with E-state index in [2.05, 4.69) is 15.9 Å². The summed E-state index contributed by atoms with van der Waals surface area (Å²) in [6.45, 7) is -0.0437. The fourth-order valence-corrected chi connectivity index (χ4v) is 3.18. The molecule has 0 unspecified atom stereocenters. The van der Waals surface area contributed by atoms with E-state index in [0.717, 1.165) is 0 Å². The fourth-order valence-electron chi connectivity index (χ4n) is 1.56. The first-order valence-corrected chi connectivity index (χ1v) is 9.06. The second kappa shape index (κ2) is 6.52. The molecule has 0 aromatic heterocycles. The van der Waals surface area contributed by atoms with Crippen LogP contribution in [0.3, 0.4) is 0 Å². The van der Waals surface area contributed by atoms with Crippen molar-refractivity contribution in [3.63, 3.8) is 0 Å². The summed E-state index contributed by atoms with van der Waals surface area (Å²) in [5, 5.41) is 0.401. The Hall–Kier alpha value is -0.820. The van der Waals surface area contributed by atoms with E-state index in [9.17, 15) is 12.8 Å². The average Bonchev–Trinajstić information content (AvgIpc) is 2.40. The van der Waals surface area contributed by atoms with E-state index < -0.39 is 14.9 Å². The molecule has 21 heavy (non-hydrogen) atoms. The molecular weight excluding hydrogens is 406 g/mol. The van der Waals surface area contributed by atoms with Crippen LogP contribution in [-0.4, -0.2) is 8.42 Å². The zero-order chi connectivity index (χ0) is 15.6. The van der Waals surface area contributed by atoms with Crippen molar-refractivity contribution in [3.05, 3.63) is 57.3 Å². The van der Waals surface area contributed by atoms with E-state index in [0.29, 0.717) is 20.8 Å². The fraction of sp³-hybridized carbons (Fsp3) is 0.0769. The van der Waals surface area contributed by atoms with Crippen LogP contribution in [0.4, 0.5) is 4.39 Å². The number of hydrogen-bond acceptors (Lipinski definition) is 3. The third-order valence-corrected chi connectivity index (χ3v) is 4.78. The number of halogens is 4. The Morgan fingerprint density at radius 3 is 2.52 bits per heavy atom. The molecule has 0 aliphatic carbocycles. The van der Waals surface area contributed by atoms with Crippen LogP contribution in [0.1, 0.15) is 5.56 Å². The summed E-state index contributed by atoms with van der Waals surface area (Å²) in [4.78, 5) is -0.0580. The standard InChI is InChI=1S/C13H8BrCl2FO3S/c14-11-6-10(21(16,18)19)2-4-13(11)20-7-8-5-9(15)1-3-12(8)17/h1-6H,7H2. The van der Waals surface area contributed by atoms with Gasteiger partial charge >= 0.3 is 0 Å². The Labute approximate surface area is 139 Å². The van der Waals surface area contributed by atoms with E-state index in [1.54, 1.807) is 0 Å². The van der Waals surface area contributed by atoms with Crippen molar-refractivity contribution in [2.45, 2.75) is 11.5 Å². The molecule has 3 nitrogen and oxygen atoms in total. The number of rotatable bonds is 4. The zero-order valence-corrected chi connectivity index (χ0v) is 14.2. The van der Waals surface area contributed by atoms with Crippen molar-refractivity contribution in [2.24, 2.45) is 0 Å². The lowest BCUT2D eigenvalue weighted by molar-refractivity contribution is 0.298. The van der Waals surface area contributed by atoms with E-state index in [1.165, 1.54) is 36.4 Å². The van der Waals surface area contributed by atoms with E-state index >= 15 is 0 Å². The molecule has 0 saturated carbocycles. The molecule has 2 rings (SSSR count). The summed E-state index contributed by atoms with van der Waals surface area (Å²) in [7, 11) is 1.43. The lowest BCUT2D eigenvalue weighted by Gasteiger charge is -2.10. The number of benzene rings is 2. The lowest BCUT2D eigenvalue weighted by atomic mass is 10.2. The van der Waals surface area contributed by atoms with Gasteiger partial charge in [-0.1, -0.05) is 11.6 Å². The van der Waals surface area contributed by atoms with Gasteiger partial charge in [0.1, 0.15) is 18.2 Å². The Balaban J connectivity index is 2.19. The summed E-state index contributed by atoms with van der Waals surface area (Å²) in [6, 6.07) is 8.20. The Morgan fingerprint density at radius 1 is 1.19 bits per heavy atom. The van der Waals surface area contributed by atoms with Gasteiger partial charge in [0.15, 0.2) is 0 Å². The molecule has 0 radical (unpaired) electrons. The topological polar surface area (TPSA) is 43.4 Å². The van der Waals surface area contributed by atoms with Crippen LogP contribution in [0.2, 0.25) is 5.02 Å². The summed E-state index contributed by atoms with van der Waals surface area (Å²) < 4.78 is 41.8. The highest BCUT2D eigenvalue weighted by molar-refractivity contribution is 9.10. The minimum absolute atomic E-state index is 0.0437. The largest absolute Gasteiger partial charge is 0.488 e. The SMILES string of the molecule is O=S(=O)(Cl)c1ccc(OCc2cc(Cl)ccc2F)c(Br)c1. The van der Waals surface area contributed by atoms with Gasteiger partial charge in [-0.15, -0.1) is 0 Å². The van der Waals surface area contributed by atoms with Crippen molar-refractivity contribution in [1.29, 1.82) is 0 Å². The van der Waals surface area contributed by atoms with E-state index in [1.807, 2.05) is 0 Å². The maximum Gasteiger partial charge on any atom is 0.261 e. The molecule has 0 atom stereocenters. The highest BCUT2D eigenvalue weighted by Crippen LogP contribution is 2.30. The third-order valence-electron chi connectivity index (χ3n) is 2.58. The minimum atomic E-state index is -3.81. The highest BCUT2D eigenvalue weighted by atomic mass is 79.9. The van der Waals surface area contributed by atoms with Gasteiger partial charge in [-0.05, 0) is 52.3 Å². The third kappa shape index (κ3) is 4.32. The highest BCUT2D eigenvalue weighted by Gasteiger charge is 2.13. The number of hydrogen-bond donors (Lipinski definition) is 0. The first-order valence-electron chi connectivity index (χ1n) is 5.58. The summed E-state index contributed by atoms with van der Waals surface area (Å²) in [5.41, 5.74) is 0.295. The second-order valence-electron chi connectivity index (χ2n) is 4.05. The van der Waals surface area contributed by atoms with Gasteiger partial charge in [-0.3, -0.25) is 0 Å². The Morgan fingerprint density at radius 2 is 1.90 bits per heavy atom. The molecule has 0 aliphatic rings. The molecule has 0 spiro atoms. The first kappa shape index (κ1) is 16.5. The maximum absolute atomic E-state index is 13.5. The van der Waals surface area contributed by atoms with Gasteiger partial charge in [-0.25, -0.2) is 12.8 Å². The zero-order valence-electron chi connectivity index (χ0n) is 10.3. The van der Waals surface area contributed by atoms with Gasteiger partial charge in [0.25, 0.3) is 9.05 Å². The van der Waals surface area contributed by atoms with Crippen LogP contribution >= 0.6 is 38.2 Å². The van der Waals surface area contributed by atoms with Crippen LogP contribution in [0.15, 0.2) is 45.8 Å². The second-order valence-corrected chi connectivity index (χ2v) is 7.91. The molecule has 112 valence electrons. The van der Waals surface area contributed by atoms with Crippen molar-refractivity contribution in [2.75, 3.05) is 0 Å². The summed E-state index contributed by atoms with van der Waals surface area (Å²) in [6.07, 6.45) is 0. The minimum Gasteiger partial charge on any atom is -0.488 e. The van der Waals surface area contributed by atoms with E-state index in [4.69, 9.17) is 27.0 Å². The van der Waals surface area contributed by atoms with Crippen molar-refractivity contribution >= 4 is 47.3 Å². The van der Waals surface area contributed by atoms with Gasteiger partial charge in [0.2, 0.25) is 0 Å². The monoisotopic (exact) mass is 412 g/mol. The Kier molecular flexibility index (Phi) is 5.14. The molecule has 0 N–H and O–H groups in total. The van der Waals surface area contributed by atoms with Crippen LogP contribution in [0.5, 0.6) is 5.75 Å². The molecule has 0 fully saturated rings. The smallest absolute Gasteiger partial charge is 0.261 e. The van der Waals surface area contributed by atoms with Crippen molar-refractivity contribution in [3.8, 4) is 5.75 Å². The molecule has 0 aliphatic heterocycles. The Bertz CT molecular complexity index is 781. The predicted molar refractivity (Wildman–Crippen MR) is 82.9 cm³/mol. The predicted octanol–water partition coefficient (Wildman–Crippen LogP) is 4.75.